The number of carbonyl (C=O) groups is 1. The molecule has 1 amide bonds. The van der Waals surface area contributed by atoms with Gasteiger partial charge in [-0.1, -0.05) is 34.8 Å². The van der Waals surface area contributed by atoms with Crippen molar-refractivity contribution < 1.29 is 9.53 Å². The van der Waals surface area contributed by atoms with Crippen LogP contribution in [0.2, 0.25) is 15.1 Å². The third-order valence-corrected chi connectivity index (χ3v) is 4.21. The molecular formula is C17H15Cl3N2O2S. The van der Waals surface area contributed by atoms with Crippen LogP contribution in [0, 0.1) is 0 Å². The predicted octanol–water partition coefficient (Wildman–Crippen LogP) is 5.56. The summed E-state index contributed by atoms with van der Waals surface area (Å²) in [6, 6.07) is 9.78. The van der Waals surface area contributed by atoms with Crippen LogP contribution in [0.25, 0.3) is 0 Å². The van der Waals surface area contributed by atoms with Gasteiger partial charge in [-0.3, -0.25) is 10.1 Å². The number of thiocarbonyl (C=S) groups is 1. The SMILES string of the molecule is CC(C)Oc1ccc(C(=O)NC(=S)Nc2cc(Cl)c(Cl)cc2Cl)cc1. The molecule has 0 saturated heterocycles. The molecule has 8 heteroatoms. The Balaban J connectivity index is 2.00. The van der Waals surface area contributed by atoms with Crippen LogP contribution in [-0.2, 0) is 0 Å². The maximum Gasteiger partial charge on any atom is 0.257 e. The Labute approximate surface area is 166 Å². The van der Waals surface area contributed by atoms with E-state index in [-0.39, 0.29) is 17.1 Å². The van der Waals surface area contributed by atoms with E-state index in [2.05, 4.69) is 10.6 Å². The number of carbonyl (C=O) groups excluding carboxylic acids is 1. The fraction of sp³-hybridized carbons (Fsp3) is 0.176. The summed E-state index contributed by atoms with van der Waals surface area (Å²) in [5.74, 6) is 0.333. The fourth-order valence-corrected chi connectivity index (χ4v) is 2.70. The lowest BCUT2D eigenvalue weighted by Crippen LogP contribution is -2.34. The fourth-order valence-electron chi connectivity index (χ4n) is 1.90. The molecule has 2 N–H and O–H groups in total. The summed E-state index contributed by atoms with van der Waals surface area (Å²) in [4.78, 5) is 12.2. The van der Waals surface area contributed by atoms with E-state index in [1.807, 2.05) is 13.8 Å². The van der Waals surface area contributed by atoms with Gasteiger partial charge < -0.3 is 10.1 Å². The van der Waals surface area contributed by atoms with Gasteiger partial charge in [0.1, 0.15) is 5.75 Å². The highest BCUT2D eigenvalue weighted by Gasteiger charge is 2.11. The standard InChI is InChI=1S/C17H15Cl3N2O2S/c1-9(2)24-11-5-3-10(4-6-11)16(23)22-17(25)21-15-8-13(19)12(18)7-14(15)20/h3-9H,1-2H3,(H2,21,22,23,25). The van der Waals surface area contributed by atoms with Crippen LogP contribution >= 0.6 is 47.0 Å². The Morgan fingerprint density at radius 3 is 2.24 bits per heavy atom. The number of anilines is 1. The van der Waals surface area contributed by atoms with Crippen LogP contribution in [0.4, 0.5) is 5.69 Å². The molecule has 132 valence electrons. The maximum atomic E-state index is 12.2. The van der Waals surface area contributed by atoms with Crippen LogP contribution in [0.5, 0.6) is 5.75 Å². The van der Waals surface area contributed by atoms with E-state index in [9.17, 15) is 4.79 Å². The van der Waals surface area contributed by atoms with Gasteiger partial charge in [0.15, 0.2) is 5.11 Å². The molecule has 2 aromatic carbocycles. The highest BCUT2D eigenvalue weighted by atomic mass is 35.5. The average molecular weight is 418 g/mol. The first kappa shape index (κ1) is 19.8. The van der Waals surface area contributed by atoms with Crippen LogP contribution in [0.3, 0.4) is 0 Å². The van der Waals surface area contributed by atoms with Gasteiger partial charge in [0, 0.05) is 5.56 Å². The van der Waals surface area contributed by atoms with E-state index in [0.29, 0.717) is 32.1 Å². The molecule has 0 heterocycles. The predicted molar refractivity (Wildman–Crippen MR) is 107 cm³/mol. The number of nitrogens with one attached hydrogen (secondary N) is 2. The molecule has 0 unspecified atom stereocenters. The summed E-state index contributed by atoms with van der Waals surface area (Å²) in [5.41, 5.74) is 0.891. The lowest BCUT2D eigenvalue weighted by atomic mass is 10.2. The third-order valence-electron chi connectivity index (χ3n) is 2.97. The normalized spacial score (nSPS) is 10.5. The summed E-state index contributed by atoms with van der Waals surface area (Å²) >= 11 is 23.0. The van der Waals surface area contributed by atoms with Crippen molar-refractivity contribution in [2.75, 3.05) is 5.32 Å². The second-order valence-electron chi connectivity index (χ2n) is 5.35. The molecule has 2 aromatic rings. The highest BCUT2D eigenvalue weighted by molar-refractivity contribution is 7.80. The van der Waals surface area contributed by atoms with Crippen molar-refractivity contribution in [3.63, 3.8) is 0 Å². The Kier molecular flexibility index (Phi) is 6.90. The van der Waals surface area contributed by atoms with Crippen molar-refractivity contribution in [2.24, 2.45) is 0 Å². The first-order valence-corrected chi connectivity index (χ1v) is 8.84. The lowest BCUT2D eigenvalue weighted by Gasteiger charge is -2.12. The number of halogens is 3. The van der Waals surface area contributed by atoms with Crippen LogP contribution in [-0.4, -0.2) is 17.1 Å². The molecule has 0 aliphatic carbocycles. The second kappa shape index (κ2) is 8.72. The first-order valence-electron chi connectivity index (χ1n) is 7.30. The molecule has 0 aliphatic rings. The van der Waals surface area contributed by atoms with Crippen molar-refractivity contribution in [2.45, 2.75) is 20.0 Å². The molecular weight excluding hydrogens is 403 g/mol. The zero-order chi connectivity index (χ0) is 18.6. The molecule has 0 saturated carbocycles. The van der Waals surface area contributed by atoms with Gasteiger partial charge in [-0.2, -0.15) is 0 Å². The van der Waals surface area contributed by atoms with Crippen LogP contribution in [0.1, 0.15) is 24.2 Å². The first-order chi connectivity index (χ1) is 11.8. The summed E-state index contributed by atoms with van der Waals surface area (Å²) in [6.45, 7) is 3.86. The van der Waals surface area contributed by atoms with Gasteiger partial charge in [0.25, 0.3) is 5.91 Å². The Morgan fingerprint density at radius 2 is 1.64 bits per heavy atom. The Hall–Kier alpha value is -1.53. The van der Waals surface area contributed by atoms with E-state index in [1.54, 1.807) is 24.3 Å². The second-order valence-corrected chi connectivity index (χ2v) is 6.98. The van der Waals surface area contributed by atoms with Gasteiger partial charge in [-0.15, -0.1) is 0 Å². The number of rotatable bonds is 4. The number of hydrogen-bond acceptors (Lipinski definition) is 3. The van der Waals surface area contributed by atoms with E-state index >= 15 is 0 Å². The van der Waals surface area contributed by atoms with E-state index in [0.717, 1.165) is 0 Å². The van der Waals surface area contributed by atoms with Gasteiger partial charge in [-0.05, 0) is 62.5 Å². The molecule has 0 radical (unpaired) electrons. The summed E-state index contributed by atoms with van der Waals surface area (Å²) in [6.07, 6.45) is 0.0624. The number of amides is 1. The third kappa shape index (κ3) is 5.75. The molecule has 25 heavy (non-hydrogen) atoms. The monoisotopic (exact) mass is 416 g/mol. The van der Waals surface area contributed by atoms with Crippen LogP contribution < -0.4 is 15.4 Å². The van der Waals surface area contributed by atoms with Gasteiger partial charge in [0.2, 0.25) is 0 Å². The van der Waals surface area contributed by atoms with Crippen molar-refractivity contribution in [1.29, 1.82) is 0 Å². The Morgan fingerprint density at radius 1 is 1.04 bits per heavy atom. The van der Waals surface area contributed by atoms with Crippen molar-refractivity contribution >= 4 is 63.7 Å². The minimum Gasteiger partial charge on any atom is -0.491 e. The molecule has 2 rings (SSSR count). The minimum atomic E-state index is -0.357. The number of benzene rings is 2. The lowest BCUT2D eigenvalue weighted by molar-refractivity contribution is 0.0977. The van der Waals surface area contributed by atoms with E-state index in [1.165, 1.54) is 12.1 Å². The van der Waals surface area contributed by atoms with Gasteiger partial charge >= 0.3 is 0 Å². The van der Waals surface area contributed by atoms with Crippen LogP contribution in [0.15, 0.2) is 36.4 Å². The minimum absolute atomic E-state index is 0.0624. The summed E-state index contributed by atoms with van der Waals surface area (Å²) in [5, 5.41) is 6.47. The molecule has 0 aliphatic heterocycles. The molecule has 4 nitrogen and oxygen atoms in total. The quantitative estimate of drug-likeness (QED) is 0.505. The molecule has 0 atom stereocenters. The number of hydrogen-bond donors (Lipinski definition) is 2. The topological polar surface area (TPSA) is 50.4 Å². The van der Waals surface area contributed by atoms with Gasteiger partial charge in [-0.25, -0.2) is 0 Å². The average Bonchev–Trinajstić information content (AvgIpc) is 2.52. The largest absolute Gasteiger partial charge is 0.491 e. The summed E-state index contributed by atoms with van der Waals surface area (Å²) in [7, 11) is 0. The summed E-state index contributed by atoms with van der Waals surface area (Å²) < 4.78 is 5.54. The smallest absolute Gasteiger partial charge is 0.257 e. The maximum absolute atomic E-state index is 12.2. The van der Waals surface area contributed by atoms with Crippen molar-refractivity contribution in [3.8, 4) is 5.75 Å². The molecule has 0 fully saturated rings. The Bertz CT molecular complexity index is 795. The van der Waals surface area contributed by atoms with E-state index < -0.39 is 0 Å². The zero-order valence-electron chi connectivity index (χ0n) is 13.4. The van der Waals surface area contributed by atoms with Crippen molar-refractivity contribution in [1.82, 2.24) is 5.32 Å². The highest BCUT2D eigenvalue weighted by Crippen LogP contribution is 2.32. The van der Waals surface area contributed by atoms with E-state index in [4.69, 9.17) is 51.8 Å². The zero-order valence-corrected chi connectivity index (χ0v) is 16.5. The number of ether oxygens (including phenoxy) is 1. The molecule has 0 bridgehead atoms. The molecule has 0 spiro atoms. The molecule has 0 aromatic heterocycles. The van der Waals surface area contributed by atoms with Crippen molar-refractivity contribution in [3.05, 3.63) is 57.0 Å². The van der Waals surface area contributed by atoms with Gasteiger partial charge in [0.05, 0.1) is 26.9 Å².